The Morgan fingerprint density at radius 1 is 1.18 bits per heavy atom. The number of likely N-dealkylation sites (tertiary alicyclic amines) is 1. The number of amides is 2. The minimum atomic E-state index is -4.57. The lowest BCUT2D eigenvalue weighted by atomic mass is 10.0. The van der Waals surface area contributed by atoms with E-state index in [9.17, 15) is 22.8 Å². The van der Waals surface area contributed by atoms with Gasteiger partial charge in [0.2, 0.25) is 11.8 Å². The maximum absolute atomic E-state index is 13.9. The monoisotopic (exact) mass is 571 g/mol. The smallest absolute Gasteiger partial charge is 0.383 e. The van der Waals surface area contributed by atoms with Gasteiger partial charge in [-0.2, -0.15) is 13.2 Å². The van der Waals surface area contributed by atoms with Crippen molar-refractivity contribution in [1.82, 2.24) is 24.4 Å². The number of hydrogen-bond acceptors (Lipinski definition) is 6. The maximum Gasteiger partial charge on any atom is 0.416 e. The van der Waals surface area contributed by atoms with Gasteiger partial charge in [-0.1, -0.05) is 24.6 Å². The molecule has 4 aromatic rings. The summed E-state index contributed by atoms with van der Waals surface area (Å²) in [4.78, 5) is 41.4. The van der Waals surface area contributed by atoms with Gasteiger partial charge in [0.25, 0.3) is 0 Å². The second-order valence-electron chi connectivity index (χ2n) is 10.9. The molecule has 6 rings (SSSR count). The number of nitrogens with one attached hydrogen (secondary N) is 1. The number of hydrogen-bond donors (Lipinski definition) is 2. The zero-order valence-corrected chi connectivity index (χ0v) is 22.6. The van der Waals surface area contributed by atoms with E-state index < -0.39 is 17.8 Å². The van der Waals surface area contributed by atoms with E-state index in [1.54, 1.807) is 35.4 Å². The Morgan fingerprint density at radius 2 is 1.93 bits per heavy atom. The summed E-state index contributed by atoms with van der Waals surface area (Å²) >= 11 is 6.01. The third kappa shape index (κ3) is 4.12. The van der Waals surface area contributed by atoms with Crippen LogP contribution in [-0.4, -0.2) is 48.3 Å². The van der Waals surface area contributed by atoms with Gasteiger partial charge in [0, 0.05) is 11.4 Å². The van der Waals surface area contributed by atoms with Gasteiger partial charge in [-0.15, -0.1) is 0 Å². The van der Waals surface area contributed by atoms with E-state index in [1.807, 2.05) is 6.92 Å². The number of benzene rings is 1. The molecule has 2 fully saturated rings. The standard InChI is InChI=1S/C27H25ClF3N7O2/c1-12-4-5-18(28)35-23(12)36-25(40)16-8-26(3)9-17(26)38(16)19(39)10-37-21-13(2)6-14(27(29,30)31)7-15(21)20-22(32)33-11-34-24(20)37/h4-7,11,16-17H,8-10H2,1-3H3,(H2,32,33,34)(H,35,36,40). The summed E-state index contributed by atoms with van der Waals surface area (Å²) in [5.41, 5.74) is 6.75. The van der Waals surface area contributed by atoms with Crippen molar-refractivity contribution < 1.29 is 22.8 Å². The van der Waals surface area contributed by atoms with Crippen LogP contribution in [0, 0.1) is 19.3 Å². The van der Waals surface area contributed by atoms with Crippen LogP contribution in [0.4, 0.5) is 24.8 Å². The summed E-state index contributed by atoms with van der Waals surface area (Å²) in [7, 11) is 0. The Balaban J connectivity index is 1.39. The predicted molar refractivity (Wildman–Crippen MR) is 144 cm³/mol. The lowest BCUT2D eigenvalue weighted by Crippen LogP contribution is -2.46. The van der Waals surface area contributed by atoms with Crippen LogP contribution >= 0.6 is 11.6 Å². The Labute approximate surface area is 231 Å². The van der Waals surface area contributed by atoms with Crippen LogP contribution < -0.4 is 11.1 Å². The minimum Gasteiger partial charge on any atom is -0.383 e. The third-order valence-corrected chi connectivity index (χ3v) is 8.31. The highest BCUT2D eigenvalue weighted by atomic mass is 35.5. The van der Waals surface area contributed by atoms with Gasteiger partial charge < -0.3 is 20.5 Å². The molecule has 4 heterocycles. The molecule has 0 bridgehead atoms. The summed E-state index contributed by atoms with van der Waals surface area (Å²) in [5.74, 6) is -0.393. The van der Waals surface area contributed by atoms with Crippen LogP contribution in [0.1, 0.15) is 36.5 Å². The topological polar surface area (TPSA) is 119 Å². The normalized spacial score (nSPS) is 22.1. The zero-order chi connectivity index (χ0) is 28.7. The fourth-order valence-electron chi connectivity index (χ4n) is 6.01. The van der Waals surface area contributed by atoms with Gasteiger partial charge in [0.1, 0.15) is 41.3 Å². The average Bonchev–Trinajstić information content (AvgIpc) is 3.26. The highest BCUT2D eigenvalue weighted by Gasteiger charge is 2.64. The molecule has 40 heavy (non-hydrogen) atoms. The summed E-state index contributed by atoms with van der Waals surface area (Å²) in [6.07, 6.45) is -2.13. The molecule has 9 nitrogen and oxygen atoms in total. The molecule has 3 aromatic heterocycles. The number of carbonyl (C=O) groups excluding carboxylic acids is 2. The summed E-state index contributed by atoms with van der Waals surface area (Å²) in [6, 6.07) is 4.53. The Hall–Kier alpha value is -3.93. The number of anilines is 2. The summed E-state index contributed by atoms with van der Waals surface area (Å²) < 4.78 is 42.5. The largest absolute Gasteiger partial charge is 0.416 e. The molecule has 13 heteroatoms. The van der Waals surface area contributed by atoms with Crippen molar-refractivity contribution in [3.05, 3.63) is 52.4 Å². The predicted octanol–water partition coefficient (Wildman–Crippen LogP) is 4.87. The van der Waals surface area contributed by atoms with Crippen LogP contribution in [0.5, 0.6) is 0 Å². The highest BCUT2D eigenvalue weighted by molar-refractivity contribution is 6.29. The van der Waals surface area contributed by atoms with Gasteiger partial charge in [0.05, 0.1) is 16.5 Å². The Morgan fingerprint density at radius 3 is 2.65 bits per heavy atom. The van der Waals surface area contributed by atoms with E-state index in [0.717, 1.165) is 24.1 Å². The molecule has 3 N–H and O–H groups in total. The first-order valence-corrected chi connectivity index (χ1v) is 13.0. The number of carbonyl (C=O) groups is 2. The first-order chi connectivity index (χ1) is 18.8. The molecule has 3 unspecified atom stereocenters. The number of aromatic nitrogens is 4. The van der Waals surface area contributed by atoms with Gasteiger partial charge >= 0.3 is 6.18 Å². The van der Waals surface area contributed by atoms with Gasteiger partial charge in [-0.25, -0.2) is 15.0 Å². The highest BCUT2D eigenvalue weighted by Crippen LogP contribution is 2.59. The molecule has 0 radical (unpaired) electrons. The molecule has 0 spiro atoms. The molecular formula is C27H25ClF3N7O2. The summed E-state index contributed by atoms with van der Waals surface area (Å²) in [5, 5.41) is 3.50. The number of nitrogens with two attached hydrogens (primary N) is 1. The molecule has 1 aromatic carbocycles. The second-order valence-corrected chi connectivity index (χ2v) is 11.3. The van der Waals surface area contributed by atoms with Crippen molar-refractivity contribution >= 4 is 57.0 Å². The number of pyridine rings is 1. The van der Waals surface area contributed by atoms with Crippen molar-refractivity contribution in [2.45, 2.75) is 58.4 Å². The first kappa shape index (κ1) is 26.3. The average molecular weight is 572 g/mol. The fraction of sp³-hybridized carbons (Fsp3) is 0.370. The van der Waals surface area contributed by atoms with Crippen molar-refractivity contribution in [1.29, 1.82) is 0 Å². The van der Waals surface area contributed by atoms with E-state index >= 15 is 0 Å². The van der Waals surface area contributed by atoms with E-state index in [2.05, 4.69) is 20.3 Å². The van der Waals surface area contributed by atoms with Crippen LogP contribution in [0.15, 0.2) is 30.6 Å². The van der Waals surface area contributed by atoms with Crippen molar-refractivity contribution in [3.8, 4) is 0 Å². The Bertz CT molecular complexity index is 1740. The molecule has 2 amide bonds. The van der Waals surface area contributed by atoms with E-state index in [-0.39, 0.29) is 57.2 Å². The lowest BCUT2D eigenvalue weighted by Gasteiger charge is -2.27. The molecule has 3 atom stereocenters. The quantitative estimate of drug-likeness (QED) is 0.337. The summed E-state index contributed by atoms with van der Waals surface area (Å²) in [6.45, 7) is 5.13. The van der Waals surface area contributed by atoms with Gasteiger partial charge in [-0.05, 0) is 61.4 Å². The Kier molecular flexibility index (Phi) is 5.78. The van der Waals surface area contributed by atoms with Gasteiger partial charge in [-0.3, -0.25) is 9.59 Å². The molecule has 1 saturated carbocycles. The first-order valence-electron chi connectivity index (χ1n) is 12.6. The number of piperidine rings is 1. The molecule has 208 valence electrons. The molecular weight excluding hydrogens is 547 g/mol. The number of alkyl halides is 3. The minimum absolute atomic E-state index is 0.0116. The van der Waals surface area contributed by atoms with Crippen molar-refractivity contribution in [2.75, 3.05) is 11.1 Å². The van der Waals surface area contributed by atoms with Crippen LogP contribution in [0.3, 0.4) is 0 Å². The SMILES string of the molecule is Cc1ccc(Cl)nc1NC(=O)C1CC2(C)CC2N1C(=O)Cn1c2ncnc(N)c2c2cc(C(F)(F)F)cc(C)c21. The number of nitrogens with zero attached hydrogens (tertiary/aromatic N) is 5. The number of rotatable bonds is 4. The second kappa shape index (κ2) is 8.79. The third-order valence-electron chi connectivity index (χ3n) is 8.10. The van der Waals surface area contributed by atoms with Crippen LogP contribution in [0.25, 0.3) is 21.9 Å². The van der Waals surface area contributed by atoms with Crippen molar-refractivity contribution in [2.24, 2.45) is 5.41 Å². The maximum atomic E-state index is 13.9. The molecule has 2 aliphatic rings. The number of fused-ring (bicyclic) bond motifs is 4. The molecule has 1 saturated heterocycles. The van der Waals surface area contributed by atoms with Crippen molar-refractivity contribution in [3.63, 3.8) is 0 Å². The fourth-order valence-corrected chi connectivity index (χ4v) is 6.16. The van der Waals surface area contributed by atoms with Crippen LogP contribution in [-0.2, 0) is 22.3 Å². The number of nitrogen functional groups attached to an aromatic ring is 1. The van der Waals surface area contributed by atoms with E-state index in [0.29, 0.717) is 23.3 Å². The number of aryl methyl sites for hydroxylation is 2. The van der Waals surface area contributed by atoms with Crippen LogP contribution in [0.2, 0.25) is 5.15 Å². The lowest BCUT2D eigenvalue weighted by molar-refractivity contribution is -0.138. The molecule has 1 aliphatic carbocycles. The van der Waals surface area contributed by atoms with E-state index in [1.165, 1.54) is 6.33 Å². The van der Waals surface area contributed by atoms with Gasteiger partial charge in [0.15, 0.2) is 0 Å². The zero-order valence-electron chi connectivity index (χ0n) is 21.8. The van der Waals surface area contributed by atoms with E-state index in [4.69, 9.17) is 17.3 Å². The molecule has 1 aliphatic heterocycles. The number of halogens is 4.